The highest BCUT2D eigenvalue weighted by Gasteiger charge is 2.00. The Kier molecular flexibility index (Phi) is 3.95. The normalized spacial score (nSPS) is 10.7. The van der Waals surface area contributed by atoms with Crippen LogP contribution < -0.4 is 0 Å². The standard InChI is InChI=1S/C15H11BrO2/c16-14-4-2-1-3-12(14)8-5-11-6-9-13(10-7-11)15(17)18/h1-10H,(H,17,18)/b8-5+. The Hall–Kier alpha value is -1.87. The van der Waals surface area contributed by atoms with Gasteiger partial charge in [0, 0.05) is 4.47 Å². The van der Waals surface area contributed by atoms with Crippen molar-refractivity contribution in [2.75, 3.05) is 0 Å². The molecule has 0 aliphatic rings. The summed E-state index contributed by atoms with van der Waals surface area (Å²) in [4.78, 5) is 10.7. The molecule has 2 nitrogen and oxygen atoms in total. The van der Waals surface area contributed by atoms with Gasteiger partial charge in [0.1, 0.15) is 0 Å². The lowest BCUT2D eigenvalue weighted by Crippen LogP contribution is -1.94. The van der Waals surface area contributed by atoms with E-state index in [2.05, 4.69) is 15.9 Å². The third kappa shape index (κ3) is 3.08. The van der Waals surface area contributed by atoms with E-state index in [-0.39, 0.29) is 0 Å². The summed E-state index contributed by atoms with van der Waals surface area (Å²) >= 11 is 3.47. The number of carbonyl (C=O) groups is 1. The van der Waals surface area contributed by atoms with Gasteiger partial charge in [0.05, 0.1) is 5.56 Å². The Morgan fingerprint density at radius 3 is 2.28 bits per heavy atom. The van der Waals surface area contributed by atoms with E-state index in [0.717, 1.165) is 15.6 Å². The second-order valence-electron chi connectivity index (χ2n) is 3.78. The number of halogens is 1. The van der Waals surface area contributed by atoms with Gasteiger partial charge in [-0.25, -0.2) is 4.79 Å². The van der Waals surface area contributed by atoms with Crippen LogP contribution in [0.25, 0.3) is 12.2 Å². The molecule has 90 valence electrons. The second kappa shape index (κ2) is 5.65. The van der Waals surface area contributed by atoms with Gasteiger partial charge in [-0.15, -0.1) is 0 Å². The van der Waals surface area contributed by atoms with Crippen LogP contribution in [-0.2, 0) is 0 Å². The van der Waals surface area contributed by atoms with Gasteiger partial charge in [-0.3, -0.25) is 0 Å². The zero-order valence-electron chi connectivity index (χ0n) is 9.51. The third-order valence-electron chi connectivity index (χ3n) is 2.52. The van der Waals surface area contributed by atoms with Crippen molar-refractivity contribution >= 4 is 34.1 Å². The molecule has 0 aromatic heterocycles. The molecule has 2 aromatic rings. The maximum atomic E-state index is 10.7. The van der Waals surface area contributed by atoms with Crippen LogP contribution in [0.1, 0.15) is 21.5 Å². The minimum absolute atomic E-state index is 0.299. The minimum Gasteiger partial charge on any atom is -0.478 e. The lowest BCUT2D eigenvalue weighted by Gasteiger charge is -1.98. The number of benzene rings is 2. The average molecular weight is 303 g/mol. The number of carboxylic acid groups (broad SMARTS) is 1. The molecule has 0 aliphatic heterocycles. The van der Waals surface area contributed by atoms with E-state index in [1.54, 1.807) is 24.3 Å². The largest absolute Gasteiger partial charge is 0.478 e. The quantitative estimate of drug-likeness (QED) is 0.858. The maximum Gasteiger partial charge on any atom is 0.335 e. The third-order valence-corrected chi connectivity index (χ3v) is 3.24. The highest BCUT2D eigenvalue weighted by molar-refractivity contribution is 9.10. The molecule has 0 saturated carbocycles. The van der Waals surface area contributed by atoms with Crippen molar-refractivity contribution in [1.82, 2.24) is 0 Å². The zero-order valence-corrected chi connectivity index (χ0v) is 11.1. The molecule has 2 rings (SSSR count). The van der Waals surface area contributed by atoms with Gasteiger partial charge in [-0.2, -0.15) is 0 Å². The molecule has 1 N–H and O–H groups in total. The second-order valence-corrected chi connectivity index (χ2v) is 4.64. The van der Waals surface area contributed by atoms with Crippen LogP contribution >= 0.6 is 15.9 Å². The molecular weight excluding hydrogens is 292 g/mol. The first-order valence-electron chi connectivity index (χ1n) is 5.43. The Bertz CT molecular complexity index is 586. The summed E-state index contributed by atoms with van der Waals surface area (Å²) in [6, 6.07) is 14.7. The molecule has 0 aliphatic carbocycles. The van der Waals surface area contributed by atoms with Gasteiger partial charge in [0.15, 0.2) is 0 Å². The molecule has 0 atom stereocenters. The lowest BCUT2D eigenvalue weighted by atomic mass is 10.1. The topological polar surface area (TPSA) is 37.3 Å². The Morgan fingerprint density at radius 2 is 1.67 bits per heavy atom. The van der Waals surface area contributed by atoms with Crippen LogP contribution in [0, 0.1) is 0 Å². The van der Waals surface area contributed by atoms with Crippen molar-refractivity contribution in [2.45, 2.75) is 0 Å². The van der Waals surface area contributed by atoms with E-state index in [9.17, 15) is 4.79 Å². The summed E-state index contributed by atoms with van der Waals surface area (Å²) in [5.41, 5.74) is 2.35. The first kappa shape index (κ1) is 12.6. The van der Waals surface area contributed by atoms with Crippen molar-refractivity contribution < 1.29 is 9.90 Å². The molecule has 0 radical (unpaired) electrons. The SMILES string of the molecule is O=C(O)c1ccc(/C=C/c2ccccc2Br)cc1. The van der Waals surface area contributed by atoms with Crippen molar-refractivity contribution in [3.63, 3.8) is 0 Å². The van der Waals surface area contributed by atoms with Crippen LogP contribution in [0.15, 0.2) is 53.0 Å². The van der Waals surface area contributed by atoms with Crippen molar-refractivity contribution in [3.05, 3.63) is 69.7 Å². The summed E-state index contributed by atoms with van der Waals surface area (Å²) in [6.07, 6.45) is 3.94. The number of rotatable bonds is 3. The predicted octanol–water partition coefficient (Wildman–Crippen LogP) is 4.32. The van der Waals surface area contributed by atoms with E-state index >= 15 is 0 Å². The lowest BCUT2D eigenvalue weighted by molar-refractivity contribution is 0.0697. The molecule has 0 heterocycles. The predicted molar refractivity (Wildman–Crippen MR) is 76.5 cm³/mol. The van der Waals surface area contributed by atoms with Gasteiger partial charge in [-0.1, -0.05) is 58.4 Å². The van der Waals surface area contributed by atoms with E-state index in [1.807, 2.05) is 36.4 Å². The van der Waals surface area contributed by atoms with Crippen LogP contribution in [-0.4, -0.2) is 11.1 Å². The molecule has 0 saturated heterocycles. The molecule has 0 spiro atoms. The smallest absolute Gasteiger partial charge is 0.335 e. The molecule has 18 heavy (non-hydrogen) atoms. The van der Waals surface area contributed by atoms with Gasteiger partial charge < -0.3 is 5.11 Å². The molecule has 0 fully saturated rings. The minimum atomic E-state index is -0.906. The zero-order chi connectivity index (χ0) is 13.0. The van der Waals surface area contributed by atoms with E-state index in [0.29, 0.717) is 5.56 Å². The number of aromatic carboxylic acids is 1. The van der Waals surface area contributed by atoms with Crippen molar-refractivity contribution in [3.8, 4) is 0 Å². The average Bonchev–Trinajstić information content (AvgIpc) is 2.38. The molecule has 0 unspecified atom stereocenters. The van der Waals surface area contributed by atoms with Gasteiger partial charge in [-0.05, 0) is 29.3 Å². The highest BCUT2D eigenvalue weighted by atomic mass is 79.9. The van der Waals surface area contributed by atoms with Crippen LogP contribution in [0.4, 0.5) is 0 Å². The monoisotopic (exact) mass is 302 g/mol. The Labute approximate surface area is 114 Å². The summed E-state index contributed by atoms with van der Waals surface area (Å²) in [7, 11) is 0. The molecule has 0 bridgehead atoms. The van der Waals surface area contributed by atoms with Crippen molar-refractivity contribution in [1.29, 1.82) is 0 Å². The van der Waals surface area contributed by atoms with Gasteiger partial charge in [0.25, 0.3) is 0 Å². The van der Waals surface area contributed by atoms with E-state index in [1.165, 1.54) is 0 Å². The van der Waals surface area contributed by atoms with Gasteiger partial charge >= 0.3 is 5.97 Å². The fourth-order valence-electron chi connectivity index (χ4n) is 1.53. The van der Waals surface area contributed by atoms with Crippen LogP contribution in [0.3, 0.4) is 0 Å². The number of hydrogen-bond acceptors (Lipinski definition) is 1. The summed E-state index contributed by atoms with van der Waals surface area (Å²) in [5.74, 6) is -0.906. The summed E-state index contributed by atoms with van der Waals surface area (Å²) < 4.78 is 1.03. The highest BCUT2D eigenvalue weighted by Crippen LogP contribution is 2.18. The Balaban J connectivity index is 2.19. The summed E-state index contributed by atoms with van der Waals surface area (Å²) in [5, 5.41) is 8.80. The Morgan fingerprint density at radius 1 is 1.00 bits per heavy atom. The van der Waals surface area contributed by atoms with E-state index < -0.39 is 5.97 Å². The van der Waals surface area contributed by atoms with Crippen LogP contribution in [0.5, 0.6) is 0 Å². The fraction of sp³-hybridized carbons (Fsp3) is 0. The van der Waals surface area contributed by atoms with Gasteiger partial charge in [0.2, 0.25) is 0 Å². The molecule has 3 heteroatoms. The number of hydrogen-bond donors (Lipinski definition) is 1. The van der Waals surface area contributed by atoms with E-state index in [4.69, 9.17) is 5.11 Å². The first-order chi connectivity index (χ1) is 8.66. The van der Waals surface area contributed by atoms with Crippen molar-refractivity contribution in [2.24, 2.45) is 0 Å². The van der Waals surface area contributed by atoms with Crippen LogP contribution in [0.2, 0.25) is 0 Å². The molecule has 2 aromatic carbocycles. The molecule has 0 amide bonds. The maximum absolute atomic E-state index is 10.7. The first-order valence-corrected chi connectivity index (χ1v) is 6.22. The fourth-order valence-corrected chi connectivity index (χ4v) is 1.95. The summed E-state index contributed by atoms with van der Waals surface area (Å²) in [6.45, 7) is 0. The molecular formula is C15H11BrO2. The number of carboxylic acids is 1.